The first-order valence-corrected chi connectivity index (χ1v) is 11.9. The molecule has 0 spiro atoms. The van der Waals surface area contributed by atoms with Crippen molar-refractivity contribution in [2.24, 2.45) is 0 Å². The van der Waals surface area contributed by atoms with Crippen LogP contribution in [0.2, 0.25) is 0 Å². The van der Waals surface area contributed by atoms with E-state index in [-0.39, 0.29) is 4.90 Å². The molecular weight excluding hydrogens is 441 g/mol. The molecule has 1 aliphatic rings. The van der Waals surface area contributed by atoms with E-state index in [0.29, 0.717) is 35.1 Å². The van der Waals surface area contributed by atoms with Crippen LogP contribution in [0.4, 0.5) is 15.8 Å². The summed E-state index contributed by atoms with van der Waals surface area (Å²) >= 11 is 0. The van der Waals surface area contributed by atoms with Crippen LogP contribution in [0.25, 0.3) is 10.9 Å². The van der Waals surface area contributed by atoms with E-state index in [1.54, 1.807) is 42.6 Å². The van der Waals surface area contributed by atoms with Crippen molar-refractivity contribution < 1.29 is 17.6 Å². The average molecular weight is 462 g/mol. The molecule has 0 bridgehead atoms. The van der Waals surface area contributed by atoms with Gasteiger partial charge in [-0.05, 0) is 60.9 Å². The highest BCUT2D eigenvalue weighted by atomic mass is 32.2. The largest absolute Gasteiger partial charge is 0.324 e. The van der Waals surface area contributed by atoms with Gasteiger partial charge in [0.05, 0.1) is 11.2 Å². The number of benzene rings is 3. The number of hydrogen-bond donors (Lipinski definition) is 1. The summed E-state index contributed by atoms with van der Waals surface area (Å²) in [4.78, 5) is 17.6. The van der Waals surface area contributed by atoms with Crippen LogP contribution in [0.5, 0.6) is 0 Å². The highest BCUT2D eigenvalue weighted by Crippen LogP contribution is 2.37. The molecular formula is C25H20FN3O3S. The number of anilines is 2. The lowest BCUT2D eigenvalue weighted by molar-refractivity contribution is -0.117. The highest BCUT2D eigenvalue weighted by Gasteiger charge is 2.40. The number of aromatic nitrogens is 1. The maximum absolute atomic E-state index is 14.0. The quantitative estimate of drug-likeness (QED) is 0.485. The van der Waals surface area contributed by atoms with Crippen LogP contribution in [-0.2, 0) is 21.2 Å². The van der Waals surface area contributed by atoms with Gasteiger partial charge in [0.2, 0.25) is 5.91 Å². The third kappa shape index (κ3) is 3.82. The monoisotopic (exact) mass is 461 g/mol. The molecule has 33 heavy (non-hydrogen) atoms. The number of sulfonamides is 1. The molecule has 4 aromatic rings. The second-order valence-electron chi connectivity index (χ2n) is 7.81. The molecule has 1 amide bonds. The Morgan fingerprint density at radius 2 is 1.73 bits per heavy atom. The molecule has 1 unspecified atom stereocenters. The van der Waals surface area contributed by atoms with E-state index in [1.807, 2.05) is 12.1 Å². The summed E-state index contributed by atoms with van der Waals surface area (Å²) in [6, 6.07) is 20.1. The number of carbonyl (C=O) groups excluding carboxylic acids is 1. The number of rotatable bonds is 4. The van der Waals surface area contributed by atoms with Crippen molar-refractivity contribution in [3.63, 3.8) is 0 Å². The number of para-hydroxylation sites is 2. The SMILES string of the molecule is O=C(Nc1ccc(F)cc1)C1CCc2ccccc2N1S(=O)(=O)c1cccc2cccnc12. The minimum atomic E-state index is -4.15. The Bertz CT molecular complexity index is 1450. The van der Waals surface area contributed by atoms with Gasteiger partial charge in [-0.2, -0.15) is 0 Å². The first kappa shape index (κ1) is 21.1. The number of pyridine rings is 1. The molecule has 0 fully saturated rings. The summed E-state index contributed by atoms with van der Waals surface area (Å²) < 4.78 is 42.5. The molecule has 6 nitrogen and oxygen atoms in total. The smallest absolute Gasteiger partial charge is 0.267 e. The lowest BCUT2D eigenvalue weighted by Gasteiger charge is -2.37. The zero-order valence-corrected chi connectivity index (χ0v) is 18.3. The van der Waals surface area contributed by atoms with E-state index >= 15 is 0 Å². The first-order chi connectivity index (χ1) is 15.9. The van der Waals surface area contributed by atoms with Gasteiger partial charge in [-0.25, -0.2) is 12.8 Å². The number of nitrogens with one attached hydrogen (secondary N) is 1. The Hall–Kier alpha value is -3.78. The lowest BCUT2D eigenvalue weighted by Crippen LogP contribution is -2.50. The lowest BCUT2D eigenvalue weighted by atomic mass is 9.97. The molecule has 1 aliphatic heterocycles. The molecule has 1 atom stereocenters. The fourth-order valence-electron chi connectivity index (χ4n) is 4.20. The van der Waals surface area contributed by atoms with Crippen molar-refractivity contribution in [2.75, 3.05) is 9.62 Å². The maximum Gasteiger partial charge on any atom is 0.267 e. The Morgan fingerprint density at radius 1 is 0.970 bits per heavy atom. The molecule has 0 aliphatic carbocycles. The fourth-order valence-corrected chi connectivity index (χ4v) is 6.05. The van der Waals surface area contributed by atoms with Crippen LogP contribution in [0.3, 0.4) is 0 Å². The van der Waals surface area contributed by atoms with Crippen molar-refractivity contribution in [1.29, 1.82) is 0 Å². The Balaban J connectivity index is 1.62. The van der Waals surface area contributed by atoms with Gasteiger partial charge in [-0.3, -0.25) is 14.1 Å². The maximum atomic E-state index is 14.0. The minimum absolute atomic E-state index is 0.0388. The van der Waals surface area contributed by atoms with Crippen molar-refractivity contribution in [1.82, 2.24) is 4.98 Å². The Labute approximate surface area is 190 Å². The second-order valence-corrected chi connectivity index (χ2v) is 9.59. The van der Waals surface area contributed by atoms with E-state index in [1.165, 1.54) is 34.6 Å². The van der Waals surface area contributed by atoms with Gasteiger partial charge in [0.1, 0.15) is 16.8 Å². The predicted molar refractivity (Wildman–Crippen MR) is 125 cm³/mol. The van der Waals surface area contributed by atoms with Gasteiger partial charge in [0, 0.05) is 17.3 Å². The summed E-state index contributed by atoms with van der Waals surface area (Å²) in [7, 11) is -4.15. The van der Waals surface area contributed by atoms with Crippen molar-refractivity contribution >= 4 is 38.2 Å². The molecule has 3 aromatic carbocycles. The summed E-state index contributed by atoms with van der Waals surface area (Å²) in [6.45, 7) is 0. The van der Waals surface area contributed by atoms with Crippen LogP contribution in [0, 0.1) is 5.82 Å². The number of hydrogen-bond acceptors (Lipinski definition) is 4. The summed E-state index contributed by atoms with van der Waals surface area (Å²) in [6.07, 6.45) is 2.41. The van der Waals surface area contributed by atoms with Crippen molar-refractivity contribution in [2.45, 2.75) is 23.8 Å². The van der Waals surface area contributed by atoms with Crippen LogP contribution < -0.4 is 9.62 Å². The van der Waals surface area contributed by atoms with Gasteiger partial charge < -0.3 is 5.32 Å². The van der Waals surface area contributed by atoms with Crippen molar-refractivity contribution in [3.8, 4) is 0 Å². The fraction of sp³-hybridized carbons (Fsp3) is 0.120. The van der Waals surface area contributed by atoms with Crippen LogP contribution >= 0.6 is 0 Å². The molecule has 5 rings (SSSR count). The Morgan fingerprint density at radius 3 is 2.55 bits per heavy atom. The van der Waals surface area contributed by atoms with E-state index in [2.05, 4.69) is 10.3 Å². The van der Waals surface area contributed by atoms with Gasteiger partial charge in [0.15, 0.2) is 0 Å². The first-order valence-electron chi connectivity index (χ1n) is 10.5. The number of nitrogens with zero attached hydrogens (tertiary/aromatic N) is 2. The van der Waals surface area contributed by atoms with E-state index in [4.69, 9.17) is 0 Å². The van der Waals surface area contributed by atoms with E-state index in [0.717, 1.165) is 5.56 Å². The van der Waals surface area contributed by atoms with Gasteiger partial charge in [-0.1, -0.05) is 36.4 Å². The third-order valence-corrected chi connectivity index (χ3v) is 7.60. The molecule has 0 radical (unpaired) electrons. The second kappa shape index (κ2) is 8.29. The minimum Gasteiger partial charge on any atom is -0.324 e. The molecule has 0 saturated heterocycles. The number of amides is 1. The van der Waals surface area contributed by atoms with Crippen molar-refractivity contribution in [3.05, 3.63) is 96.4 Å². The van der Waals surface area contributed by atoms with Crippen LogP contribution in [-0.4, -0.2) is 25.4 Å². The van der Waals surface area contributed by atoms with E-state index in [9.17, 15) is 17.6 Å². The van der Waals surface area contributed by atoms with Crippen LogP contribution in [0.15, 0.2) is 90.0 Å². The van der Waals surface area contributed by atoms with E-state index < -0.39 is 27.8 Å². The predicted octanol–water partition coefficient (Wildman–Crippen LogP) is 4.52. The number of aryl methyl sites for hydroxylation is 1. The zero-order chi connectivity index (χ0) is 23.0. The molecule has 0 saturated carbocycles. The molecule has 8 heteroatoms. The number of halogens is 1. The van der Waals surface area contributed by atoms with Gasteiger partial charge in [0.25, 0.3) is 10.0 Å². The molecule has 2 heterocycles. The zero-order valence-electron chi connectivity index (χ0n) is 17.5. The van der Waals surface area contributed by atoms with Gasteiger partial charge >= 0.3 is 0 Å². The number of carbonyl (C=O) groups is 1. The highest BCUT2D eigenvalue weighted by molar-refractivity contribution is 7.93. The standard InChI is InChI=1S/C25H20FN3O3S/c26-19-11-13-20(14-12-19)28-25(30)22-15-10-17-5-1-2-8-21(17)29(22)33(31,32)23-9-3-6-18-7-4-16-27-24(18)23/h1-9,11-14,16,22H,10,15H2,(H,28,30). The summed E-state index contributed by atoms with van der Waals surface area (Å²) in [5.74, 6) is -0.903. The molecule has 166 valence electrons. The normalized spacial score (nSPS) is 15.8. The average Bonchev–Trinajstić information content (AvgIpc) is 2.84. The molecule has 1 N–H and O–H groups in total. The van der Waals surface area contributed by atoms with Crippen LogP contribution in [0.1, 0.15) is 12.0 Å². The molecule has 1 aromatic heterocycles. The topological polar surface area (TPSA) is 79.4 Å². The summed E-state index contributed by atoms with van der Waals surface area (Å²) in [5, 5.41) is 3.42. The third-order valence-electron chi connectivity index (χ3n) is 5.75. The number of fused-ring (bicyclic) bond motifs is 2. The van der Waals surface area contributed by atoms with Gasteiger partial charge in [-0.15, -0.1) is 0 Å². The Kier molecular flexibility index (Phi) is 5.30. The summed E-state index contributed by atoms with van der Waals surface area (Å²) in [5.41, 5.74) is 2.06.